The van der Waals surface area contributed by atoms with Crippen molar-refractivity contribution in [1.82, 2.24) is 9.97 Å². The van der Waals surface area contributed by atoms with Crippen LogP contribution in [0.3, 0.4) is 0 Å². The summed E-state index contributed by atoms with van der Waals surface area (Å²) in [6, 6.07) is 3.96. The molecule has 3 N–H and O–H groups in total. The van der Waals surface area contributed by atoms with Crippen LogP contribution in [0.1, 0.15) is 0 Å². The highest BCUT2D eigenvalue weighted by atomic mass is 16.7. The van der Waals surface area contributed by atoms with Crippen LogP contribution in [0.5, 0.6) is 11.5 Å². The van der Waals surface area contributed by atoms with Crippen LogP contribution in [0.4, 0.5) is 6.01 Å². The zero-order valence-corrected chi connectivity index (χ0v) is 9.27. The Labute approximate surface area is 101 Å². The Hall–Kier alpha value is -2.63. The smallest absolute Gasteiger partial charge is 0.292 e. The van der Waals surface area contributed by atoms with Gasteiger partial charge in [0.2, 0.25) is 6.79 Å². The number of nitrogens with zero attached hydrogens (tertiary/aromatic N) is 1. The Morgan fingerprint density at radius 2 is 2.22 bits per heavy atom. The van der Waals surface area contributed by atoms with Crippen LogP contribution >= 0.6 is 0 Å². The monoisotopic (exact) mass is 243 g/mol. The van der Waals surface area contributed by atoms with Crippen molar-refractivity contribution >= 4 is 16.9 Å². The maximum Gasteiger partial charge on any atom is 0.292 e. The van der Waals surface area contributed by atoms with E-state index in [0.29, 0.717) is 5.69 Å². The second kappa shape index (κ2) is 3.19. The lowest BCUT2D eigenvalue weighted by molar-refractivity contribution is 0.175. The number of oxazole rings is 1. The van der Waals surface area contributed by atoms with Crippen molar-refractivity contribution in [2.75, 3.05) is 12.5 Å². The summed E-state index contributed by atoms with van der Waals surface area (Å²) in [6.45, 7) is 0.236. The van der Waals surface area contributed by atoms with Gasteiger partial charge in [0, 0.05) is 11.8 Å². The minimum atomic E-state index is 0.143. The molecule has 0 atom stereocenters. The van der Waals surface area contributed by atoms with E-state index in [1.807, 2.05) is 18.3 Å². The lowest BCUT2D eigenvalue weighted by atomic mass is 10.1. The molecule has 0 unspecified atom stereocenters. The normalized spacial score (nSPS) is 13.3. The van der Waals surface area contributed by atoms with Gasteiger partial charge in [0.25, 0.3) is 6.01 Å². The van der Waals surface area contributed by atoms with E-state index >= 15 is 0 Å². The number of nitrogens with one attached hydrogen (secondary N) is 1. The molecule has 3 aromatic rings. The molecule has 1 aromatic carbocycles. The molecule has 0 saturated carbocycles. The highest BCUT2D eigenvalue weighted by Gasteiger charge is 2.21. The molecule has 1 aliphatic rings. The van der Waals surface area contributed by atoms with E-state index in [2.05, 4.69) is 9.97 Å². The van der Waals surface area contributed by atoms with E-state index in [1.165, 1.54) is 6.26 Å². The van der Waals surface area contributed by atoms with Gasteiger partial charge in [0.05, 0.1) is 10.9 Å². The lowest BCUT2D eigenvalue weighted by Gasteiger charge is -1.99. The zero-order chi connectivity index (χ0) is 12.1. The first-order chi connectivity index (χ1) is 8.83. The average molecular weight is 243 g/mol. The van der Waals surface area contributed by atoms with Crippen LogP contribution in [-0.4, -0.2) is 16.8 Å². The van der Waals surface area contributed by atoms with E-state index < -0.39 is 0 Å². The predicted octanol–water partition coefficient (Wildman–Crippen LogP) is 2.13. The summed E-state index contributed by atoms with van der Waals surface area (Å²) in [5.74, 6) is 1.46. The molecule has 0 fully saturated rings. The number of hydrogen-bond acceptors (Lipinski definition) is 5. The van der Waals surface area contributed by atoms with Gasteiger partial charge in [0.15, 0.2) is 11.5 Å². The number of aromatic amines is 1. The molecule has 0 radical (unpaired) electrons. The maximum atomic E-state index is 5.51. The molecule has 6 heteroatoms. The highest BCUT2D eigenvalue weighted by Crippen LogP contribution is 2.43. The van der Waals surface area contributed by atoms with Crippen molar-refractivity contribution < 1.29 is 13.9 Å². The van der Waals surface area contributed by atoms with Gasteiger partial charge in [-0.05, 0) is 12.1 Å². The Bertz CT molecular complexity index is 744. The van der Waals surface area contributed by atoms with Crippen molar-refractivity contribution in [3.05, 3.63) is 24.6 Å². The SMILES string of the molecule is Nc1nc(-c2c[nH]c3ccc4c(c23)OCO4)co1. The summed E-state index contributed by atoms with van der Waals surface area (Å²) in [6.07, 6.45) is 3.37. The summed E-state index contributed by atoms with van der Waals surface area (Å²) < 4.78 is 15.9. The Morgan fingerprint density at radius 3 is 3.06 bits per heavy atom. The van der Waals surface area contributed by atoms with E-state index in [1.54, 1.807) is 0 Å². The number of rotatable bonds is 1. The lowest BCUT2D eigenvalue weighted by Crippen LogP contribution is -1.93. The number of fused-ring (bicyclic) bond motifs is 3. The van der Waals surface area contributed by atoms with E-state index in [-0.39, 0.29) is 12.8 Å². The summed E-state index contributed by atoms with van der Waals surface area (Å²) in [4.78, 5) is 7.29. The van der Waals surface area contributed by atoms with Gasteiger partial charge >= 0.3 is 0 Å². The molecule has 0 spiro atoms. The minimum Gasteiger partial charge on any atom is -0.454 e. The average Bonchev–Trinajstić information content (AvgIpc) is 3.03. The number of benzene rings is 1. The first kappa shape index (κ1) is 9.41. The van der Waals surface area contributed by atoms with E-state index in [4.69, 9.17) is 19.6 Å². The molecular formula is C12H9N3O3. The van der Waals surface area contributed by atoms with Crippen LogP contribution in [0.15, 0.2) is 29.0 Å². The van der Waals surface area contributed by atoms with Gasteiger partial charge in [-0.1, -0.05) is 0 Å². The zero-order valence-electron chi connectivity index (χ0n) is 9.27. The van der Waals surface area contributed by atoms with Crippen LogP contribution in [0.25, 0.3) is 22.2 Å². The number of ether oxygens (including phenoxy) is 2. The van der Waals surface area contributed by atoms with Gasteiger partial charge in [-0.2, -0.15) is 4.98 Å². The van der Waals surface area contributed by atoms with Crippen molar-refractivity contribution in [2.24, 2.45) is 0 Å². The second-order valence-electron chi connectivity index (χ2n) is 4.00. The fourth-order valence-corrected chi connectivity index (χ4v) is 2.20. The number of nitrogens with two attached hydrogens (primary N) is 1. The predicted molar refractivity (Wildman–Crippen MR) is 64.3 cm³/mol. The third-order valence-electron chi connectivity index (χ3n) is 2.98. The third kappa shape index (κ3) is 1.14. The van der Waals surface area contributed by atoms with Crippen LogP contribution in [-0.2, 0) is 0 Å². The van der Waals surface area contributed by atoms with Crippen molar-refractivity contribution in [3.8, 4) is 22.8 Å². The number of anilines is 1. The quantitative estimate of drug-likeness (QED) is 0.683. The van der Waals surface area contributed by atoms with Gasteiger partial charge in [-0.25, -0.2) is 0 Å². The topological polar surface area (TPSA) is 86.3 Å². The molecule has 3 heterocycles. The van der Waals surface area contributed by atoms with Gasteiger partial charge < -0.3 is 24.6 Å². The fraction of sp³-hybridized carbons (Fsp3) is 0.0833. The molecule has 4 rings (SSSR count). The first-order valence-corrected chi connectivity index (χ1v) is 5.44. The first-order valence-electron chi connectivity index (χ1n) is 5.44. The molecule has 2 aromatic heterocycles. The number of aromatic nitrogens is 2. The summed E-state index contributed by atoms with van der Waals surface area (Å²) in [5, 5.41) is 0.929. The minimum absolute atomic E-state index is 0.143. The highest BCUT2D eigenvalue weighted by molar-refractivity contribution is 6.01. The Balaban J connectivity index is 2.04. The Kier molecular flexibility index (Phi) is 1.67. The summed E-state index contributed by atoms with van der Waals surface area (Å²) in [5.41, 5.74) is 8.00. The molecule has 0 saturated heterocycles. The standard InChI is InChI=1S/C12H9N3O3/c13-12-15-8(4-16-12)6-3-14-7-1-2-9-11(10(6)7)18-5-17-9/h1-4,14H,5H2,(H2,13,15). The maximum absolute atomic E-state index is 5.51. The van der Waals surface area contributed by atoms with Gasteiger partial charge in [-0.15, -0.1) is 0 Å². The van der Waals surface area contributed by atoms with Gasteiger partial charge in [-0.3, -0.25) is 0 Å². The molecule has 0 aliphatic carbocycles. The molecule has 6 nitrogen and oxygen atoms in total. The van der Waals surface area contributed by atoms with E-state index in [0.717, 1.165) is 28.0 Å². The number of hydrogen-bond donors (Lipinski definition) is 2. The second-order valence-corrected chi connectivity index (χ2v) is 4.00. The number of H-pyrrole nitrogens is 1. The third-order valence-corrected chi connectivity index (χ3v) is 2.98. The van der Waals surface area contributed by atoms with Crippen LogP contribution in [0.2, 0.25) is 0 Å². The van der Waals surface area contributed by atoms with Gasteiger partial charge in [0.1, 0.15) is 12.0 Å². The number of nitrogen functional groups attached to an aromatic ring is 1. The molecule has 90 valence electrons. The fourth-order valence-electron chi connectivity index (χ4n) is 2.20. The van der Waals surface area contributed by atoms with E-state index in [9.17, 15) is 0 Å². The van der Waals surface area contributed by atoms with Crippen LogP contribution in [0, 0.1) is 0 Å². The largest absolute Gasteiger partial charge is 0.454 e. The summed E-state index contributed by atoms with van der Waals surface area (Å²) in [7, 11) is 0. The Morgan fingerprint density at radius 1 is 1.28 bits per heavy atom. The molecule has 0 amide bonds. The van der Waals surface area contributed by atoms with Crippen LogP contribution < -0.4 is 15.2 Å². The van der Waals surface area contributed by atoms with Crippen molar-refractivity contribution in [1.29, 1.82) is 0 Å². The molecular weight excluding hydrogens is 234 g/mol. The van der Waals surface area contributed by atoms with Crippen molar-refractivity contribution in [3.63, 3.8) is 0 Å². The molecule has 18 heavy (non-hydrogen) atoms. The summed E-state index contributed by atoms with van der Waals surface area (Å²) >= 11 is 0. The van der Waals surface area contributed by atoms with Crippen molar-refractivity contribution in [2.45, 2.75) is 0 Å². The molecule has 0 bridgehead atoms. The molecule has 1 aliphatic heterocycles.